The summed E-state index contributed by atoms with van der Waals surface area (Å²) in [6.45, 7) is 9.55. The maximum Gasteiger partial charge on any atom is 0.0719 e. The molecule has 0 bridgehead atoms. The van der Waals surface area contributed by atoms with Crippen LogP contribution in [0.5, 0.6) is 0 Å². The van der Waals surface area contributed by atoms with Crippen molar-refractivity contribution in [3.63, 3.8) is 0 Å². The van der Waals surface area contributed by atoms with E-state index >= 15 is 0 Å². The van der Waals surface area contributed by atoms with Crippen molar-refractivity contribution in [2.75, 3.05) is 9.80 Å². The van der Waals surface area contributed by atoms with E-state index in [0.29, 0.717) is 0 Å². The number of benzene rings is 20. The fourth-order valence-corrected chi connectivity index (χ4v) is 22.1. The van der Waals surface area contributed by atoms with Gasteiger partial charge in [-0.15, -0.1) is 0 Å². The number of hydrogen-bond acceptors (Lipinski definition) is 2. The van der Waals surface area contributed by atoms with E-state index in [-0.39, 0.29) is 10.8 Å². The SMILES string of the molecule is CC1(C)c2ccccc2C2(c3ccccc3-c3c(-c4ccc5cc(N(c6ccc(-c7ccccc7)cc6)c6ccc(-c7ccccc7)cc6)ccc5c4)cccc32)c2ccccc21.CC1(C)c2ccccc2C2(c3ccccc3-c3c(-c4ccc5cc(N(c6ccc(-c7ccccc7)cc6)c6ccccc6-c6ccccc6)ccc5c4)cccc32)c2ccccc21. The Balaban J connectivity index is 0.000000145. The van der Waals surface area contributed by atoms with Gasteiger partial charge < -0.3 is 9.80 Å². The van der Waals surface area contributed by atoms with Gasteiger partial charge in [-0.05, 0) is 251 Å². The molecule has 0 fully saturated rings. The van der Waals surface area contributed by atoms with E-state index < -0.39 is 10.8 Å². The maximum atomic E-state index is 2.41. The van der Waals surface area contributed by atoms with Crippen molar-refractivity contribution < 1.29 is 0 Å². The lowest BCUT2D eigenvalue weighted by atomic mass is 9.55. The minimum Gasteiger partial charge on any atom is -0.310 e. The summed E-state index contributed by atoms with van der Waals surface area (Å²) in [4.78, 5) is 4.78. The first-order valence-electron chi connectivity index (χ1n) is 44.2. The van der Waals surface area contributed by atoms with Gasteiger partial charge in [-0.1, -0.05) is 422 Å². The molecule has 2 nitrogen and oxygen atoms in total. The Hall–Kier alpha value is -15.5. The zero-order chi connectivity index (χ0) is 84.2. The predicted octanol–water partition coefficient (Wildman–Crippen LogP) is 32.6. The zero-order valence-corrected chi connectivity index (χ0v) is 70.9. The molecule has 20 aromatic rings. The van der Waals surface area contributed by atoms with E-state index in [1.165, 1.54) is 177 Å². The van der Waals surface area contributed by atoms with Crippen molar-refractivity contribution in [2.45, 2.75) is 49.4 Å². The Morgan fingerprint density at radius 2 is 0.397 bits per heavy atom. The first-order valence-corrected chi connectivity index (χ1v) is 44.2. The lowest BCUT2D eigenvalue weighted by Crippen LogP contribution is -2.40. The molecular weight excluding hydrogens is 1520 g/mol. The Morgan fingerprint density at radius 3 is 0.770 bits per heavy atom. The van der Waals surface area contributed by atoms with Crippen LogP contribution in [0.4, 0.5) is 34.1 Å². The highest BCUT2D eigenvalue weighted by Gasteiger charge is 2.56. The van der Waals surface area contributed by atoms with Crippen LogP contribution < -0.4 is 9.80 Å². The Bertz CT molecular complexity index is 7430. The molecule has 0 radical (unpaired) electrons. The Labute approximate surface area is 738 Å². The van der Waals surface area contributed by atoms with Crippen LogP contribution in [0.25, 0.3) is 111 Å². The minimum atomic E-state index is -0.421. The molecule has 0 heterocycles. The Kier molecular flexibility index (Phi) is 18.1. The number of para-hydroxylation sites is 1. The highest BCUT2D eigenvalue weighted by atomic mass is 15.1. The molecule has 24 rings (SSSR count). The highest BCUT2D eigenvalue weighted by Crippen LogP contribution is 2.66. The molecule has 2 heteroatoms. The quantitative estimate of drug-likeness (QED) is 0.120. The molecule has 0 unspecified atom stereocenters. The molecule has 2 spiro atoms. The molecule has 4 aliphatic rings. The number of rotatable bonds is 12. The van der Waals surface area contributed by atoms with Gasteiger partial charge in [0, 0.05) is 44.8 Å². The van der Waals surface area contributed by atoms with E-state index in [0.717, 1.165) is 34.1 Å². The summed E-state index contributed by atoms with van der Waals surface area (Å²) in [6.07, 6.45) is 0. The third-order valence-electron chi connectivity index (χ3n) is 27.9. The van der Waals surface area contributed by atoms with Crippen molar-refractivity contribution in [1.82, 2.24) is 0 Å². The average Bonchev–Trinajstić information content (AvgIpc) is 1.51. The summed E-state index contributed by atoms with van der Waals surface area (Å²) < 4.78 is 0. The fraction of sp³-hybridized carbons (Fsp3) is 0.0645. The van der Waals surface area contributed by atoms with Gasteiger partial charge in [-0.2, -0.15) is 0 Å². The summed E-state index contributed by atoms with van der Waals surface area (Å²) in [5.41, 5.74) is 42.0. The summed E-state index contributed by atoms with van der Waals surface area (Å²) in [5.74, 6) is 0. The van der Waals surface area contributed by atoms with Crippen LogP contribution in [0, 0.1) is 0 Å². The predicted molar refractivity (Wildman–Crippen MR) is 529 cm³/mol. The number of anilines is 6. The summed E-state index contributed by atoms with van der Waals surface area (Å²) >= 11 is 0. The Morgan fingerprint density at radius 1 is 0.151 bits per heavy atom. The lowest BCUT2D eigenvalue weighted by molar-refractivity contribution is 0.563. The molecule has 596 valence electrons. The largest absolute Gasteiger partial charge is 0.310 e. The van der Waals surface area contributed by atoms with Crippen molar-refractivity contribution in [3.05, 3.63) is 540 Å². The molecule has 0 aliphatic heterocycles. The van der Waals surface area contributed by atoms with E-state index in [2.05, 4.69) is 511 Å². The number of fused-ring (bicyclic) bond motifs is 20. The van der Waals surface area contributed by atoms with Crippen molar-refractivity contribution in [1.29, 1.82) is 0 Å². The van der Waals surface area contributed by atoms with Gasteiger partial charge >= 0.3 is 0 Å². The smallest absolute Gasteiger partial charge is 0.0719 e. The topological polar surface area (TPSA) is 6.48 Å². The van der Waals surface area contributed by atoms with Crippen LogP contribution in [0.1, 0.15) is 94.5 Å². The van der Waals surface area contributed by atoms with Gasteiger partial charge in [0.15, 0.2) is 0 Å². The van der Waals surface area contributed by atoms with E-state index in [1.54, 1.807) is 0 Å². The third-order valence-corrected chi connectivity index (χ3v) is 27.9. The fourth-order valence-electron chi connectivity index (χ4n) is 22.1. The molecule has 126 heavy (non-hydrogen) atoms. The van der Waals surface area contributed by atoms with Gasteiger partial charge in [0.1, 0.15) is 0 Å². The first kappa shape index (κ1) is 75.5. The van der Waals surface area contributed by atoms with E-state index in [4.69, 9.17) is 0 Å². The normalized spacial score (nSPS) is 13.8. The standard InChI is InChI=1S/2C62H45N/c1-61(2)54-26-12-14-28-56(54)62(57-29-15-13-27-55(57)61)53-25-11-9-23-52(53)60-51(24-17-30-58(60)62)47-33-32-46-41-49(39-36-45(46)40-47)63(48-37-34-43(35-38-48)42-18-5-3-6-19-42)59-31-16-10-22-50(59)44-20-7-4-8-21-44;1-61(2)55-23-11-13-25-57(55)62(58-26-14-12-24-56(58)61)54-22-10-9-20-53(54)60-52(21-15-27-59(60)62)48-29-28-47-41-51(39-34-46(47)40-48)63(49-35-30-44(31-36-49)42-16-5-3-6-17-42)50-37-32-45(33-38-50)43-18-7-4-8-19-43/h2*3-41H,1-2H3. The van der Waals surface area contributed by atoms with Gasteiger partial charge in [0.05, 0.1) is 16.5 Å². The molecule has 0 amide bonds. The van der Waals surface area contributed by atoms with Gasteiger partial charge in [-0.3, -0.25) is 0 Å². The second kappa shape index (κ2) is 30.2. The minimum absolute atomic E-state index is 0.127. The van der Waals surface area contributed by atoms with Gasteiger partial charge in [0.25, 0.3) is 0 Å². The third kappa shape index (κ3) is 12.0. The summed E-state index contributed by atoms with van der Waals surface area (Å²) in [7, 11) is 0. The molecule has 0 atom stereocenters. The number of hydrogen-bond donors (Lipinski definition) is 0. The average molecular weight is 1610 g/mol. The lowest BCUT2D eigenvalue weighted by Gasteiger charge is -2.46. The van der Waals surface area contributed by atoms with Crippen LogP contribution in [0.3, 0.4) is 0 Å². The molecule has 4 aliphatic carbocycles. The van der Waals surface area contributed by atoms with Crippen LogP contribution in [-0.2, 0) is 21.7 Å². The monoisotopic (exact) mass is 1610 g/mol. The highest BCUT2D eigenvalue weighted by molar-refractivity contribution is 6.03. The van der Waals surface area contributed by atoms with E-state index in [9.17, 15) is 0 Å². The molecule has 0 aromatic heterocycles. The second-order valence-electron chi connectivity index (χ2n) is 35.3. The van der Waals surface area contributed by atoms with Crippen molar-refractivity contribution in [2.24, 2.45) is 0 Å². The van der Waals surface area contributed by atoms with Crippen LogP contribution >= 0.6 is 0 Å². The summed E-state index contributed by atoms with van der Waals surface area (Å²) in [6, 6.07) is 175. The van der Waals surface area contributed by atoms with E-state index in [1.807, 2.05) is 0 Å². The van der Waals surface area contributed by atoms with Gasteiger partial charge in [-0.25, -0.2) is 0 Å². The molecule has 0 N–H and O–H groups in total. The summed E-state index contributed by atoms with van der Waals surface area (Å²) in [5, 5.41) is 4.82. The first-order chi connectivity index (χ1) is 62.0. The van der Waals surface area contributed by atoms with Crippen LogP contribution in [0.15, 0.2) is 473 Å². The molecule has 0 saturated carbocycles. The van der Waals surface area contributed by atoms with Crippen molar-refractivity contribution in [3.8, 4) is 89.0 Å². The van der Waals surface area contributed by atoms with Crippen molar-refractivity contribution >= 4 is 55.7 Å². The second-order valence-corrected chi connectivity index (χ2v) is 35.3. The van der Waals surface area contributed by atoms with Crippen LogP contribution in [0.2, 0.25) is 0 Å². The molecular formula is C124H90N2. The zero-order valence-electron chi connectivity index (χ0n) is 70.9. The maximum absolute atomic E-state index is 2.41. The molecule has 20 aromatic carbocycles. The van der Waals surface area contributed by atoms with Crippen LogP contribution in [-0.4, -0.2) is 0 Å². The molecule has 0 saturated heterocycles. The number of nitrogens with zero attached hydrogens (tertiary/aromatic N) is 2. The van der Waals surface area contributed by atoms with Gasteiger partial charge in [0.2, 0.25) is 0 Å².